The number of rotatable bonds is 1. The quantitative estimate of drug-likeness (QED) is 0.774. The fraction of sp³-hybridized carbons (Fsp3) is 0.529. The van der Waals surface area contributed by atoms with Gasteiger partial charge in [0.15, 0.2) is 11.5 Å². The molecular weight excluding hydrogens is 346 g/mol. The Morgan fingerprint density at radius 3 is 3.00 bits per heavy atom. The third kappa shape index (κ3) is 2.10. The number of aliphatic hydroxyl groups excluding tert-OH is 1. The SMILES string of the molecule is Br.COc1ccc2c3c1OC1C[C@@H](O)C=C[C@@]31CCN(C)C2. The van der Waals surface area contributed by atoms with E-state index in [1.54, 1.807) is 7.11 Å². The monoisotopic (exact) mass is 367 g/mol. The molecule has 0 bridgehead atoms. The molecule has 1 aromatic carbocycles. The van der Waals surface area contributed by atoms with Crippen molar-refractivity contribution in [2.24, 2.45) is 0 Å². The third-order valence-electron chi connectivity index (χ3n) is 5.15. The number of benzene rings is 1. The topological polar surface area (TPSA) is 41.9 Å². The number of methoxy groups -OCH3 is 1. The first-order valence-electron chi connectivity index (χ1n) is 7.57. The van der Waals surface area contributed by atoms with Gasteiger partial charge in [0.25, 0.3) is 0 Å². The number of halogens is 1. The van der Waals surface area contributed by atoms with Gasteiger partial charge in [-0.1, -0.05) is 18.2 Å². The van der Waals surface area contributed by atoms with Gasteiger partial charge in [-0.25, -0.2) is 0 Å². The van der Waals surface area contributed by atoms with Crippen molar-refractivity contribution < 1.29 is 14.6 Å². The van der Waals surface area contributed by atoms with Crippen LogP contribution in [0.2, 0.25) is 0 Å². The van der Waals surface area contributed by atoms with E-state index >= 15 is 0 Å². The molecule has 5 heteroatoms. The predicted octanol–water partition coefficient (Wildman–Crippen LogP) is 2.43. The summed E-state index contributed by atoms with van der Waals surface area (Å²) in [5, 5.41) is 9.97. The Hall–Kier alpha value is -1.04. The third-order valence-corrected chi connectivity index (χ3v) is 5.15. The highest BCUT2D eigenvalue weighted by molar-refractivity contribution is 8.93. The summed E-state index contributed by atoms with van der Waals surface area (Å²) in [6.07, 6.45) is 5.38. The van der Waals surface area contributed by atoms with E-state index in [-0.39, 0.29) is 28.5 Å². The summed E-state index contributed by atoms with van der Waals surface area (Å²) < 4.78 is 11.8. The molecule has 1 aromatic rings. The van der Waals surface area contributed by atoms with Gasteiger partial charge in [0.05, 0.1) is 18.6 Å². The smallest absolute Gasteiger partial charge is 0.166 e. The first kappa shape index (κ1) is 15.8. The maximum absolute atomic E-state index is 9.97. The van der Waals surface area contributed by atoms with E-state index in [4.69, 9.17) is 9.47 Å². The summed E-state index contributed by atoms with van der Waals surface area (Å²) in [7, 11) is 3.84. The largest absolute Gasteiger partial charge is 0.493 e. The summed E-state index contributed by atoms with van der Waals surface area (Å²) in [6.45, 7) is 1.96. The molecule has 22 heavy (non-hydrogen) atoms. The lowest BCUT2D eigenvalue weighted by Crippen LogP contribution is -2.42. The van der Waals surface area contributed by atoms with E-state index in [2.05, 4.69) is 24.1 Å². The molecule has 120 valence electrons. The fourth-order valence-corrected chi connectivity index (χ4v) is 4.08. The Kier molecular flexibility index (Phi) is 4.00. The number of ether oxygens (including phenoxy) is 2. The molecule has 2 aliphatic heterocycles. The van der Waals surface area contributed by atoms with Gasteiger partial charge in [-0.15, -0.1) is 17.0 Å². The average Bonchev–Trinajstić information content (AvgIpc) is 2.72. The molecule has 0 amide bonds. The molecule has 1 unspecified atom stereocenters. The van der Waals surface area contributed by atoms with Gasteiger partial charge in [0.2, 0.25) is 0 Å². The van der Waals surface area contributed by atoms with Crippen molar-refractivity contribution >= 4 is 17.0 Å². The van der Waals surface area contributed by atoms with Crippen LogP contribution in [0, 0.1) is 0 Å². The van der Waals surface area contributed by atoms with E-state index in [0.29, 0.717) is 6.42 Å². The van der Waals surface area contributed by atoms with Gasteiger partial charge < -0.3 is 19.5 Å². The average molecular weight is 368 g/mol. The molecule has 4 rings (SSSR count). The maximum atomic E-state index is 9.97. The van der Waals surface area contributed by atoms with Crippen molar-refractivity contribution in [2.75, 3.05) is 20.7 Å². The zero-order valence-electron chi connectivity index (χ0n) is 12.9. The van der Waals surface area contributed by atoms with Gasteiger partial charge >= 0.3 is 0 Å². The van der Waals surface area contributed by atoms with E-state index in [1.165, 1.54) is 11.1 Å². The molecule has 0 aromatic heterocycles. The highest BCUT2D eigenvalue weighted by Gasteiger charge is 2.52. The van der Waals surface area contributed by atoms with Crippen molar-refractivity contribution in [3.63, 3.8) is 0 Å². The molecule has 0 saturated heterocycles. The van der Waals surface area contributed by atoms with Crippen LogP contribution in [0.4, 0.5) is 0 Å². The van der Waals surface area contributed by atoms with Crippen LogP contribution in [0.1, 0.15) is 24.0 Å². The van der Waals surface area contributed by atoms with Crippen molar-refractivity contribution in [3.8, 4) is 11.5 Å². The van der Waals surface area contributed by atoms with Crippen molar-refractivity contribution in [1.29, 1.82) is 0 Å². The lowest BCUT2D eigenvalue weighted by Gasteiger charge is -2.35. The van der Waals surface area contributed by atoms with Crippen LogP contribution in [0.25, 0.3) is 0 Å². The van der Waals surface area contributed by atoms with Crippen LogP contribution in [0.5, 0.6) is 11.5 Å². The predicted molar refractivity (Wildman–Crippen MR) is 90.1 cm³/mol. The summed E-state index contributed by atoms with van der Waals surface area (Å²) >= 11 is 0. The van der Waals surface area contributed by atoms with Crippen LogP contribution in [0.3, 0.4) is 0 Å². The zero-order chi connectivity index (χ0) is 14.6. The minimum atomic E-state index is -0.412. The van der Waals surface area contributed by atoms with E-state index in [1.807, 2.05) is 12.1 Å². The highest BCUT2D eigenvalue weighted by Crippen LogP contribution is 2.55. The Morgan fingerprint density at radius 2 is 2.23 bits per heavy atom. The maximum Gasteiger partial charge on any atom is 0.166 e. The van der Waals surface area contributed by atoms with Crippen molar-refractivity contribution in [3.05, 3.63) is 35.4 Å². The molecule has 0 saturated carbocycles. The lowest BCUT2D eigenvalue weighted by molar-refractivity contribution is 0.0821. The number of nitrogens with zero attached hydrogens (tertiary/aromatic N) is 1. The fourth-order valence-electron chi connectivity index (χ4n) is 4.08. The van der Waals surface area contributed by atoms with E-state index in [0.717, 1.165) is 31.0 Å². The Bertz CT molecular complexity index is 618. The molecule has 4 nitrogen and oxygen atoms in total. The standard InChI is InChI=1S/C17H21NO3.BrH/c1-18-8-7-17-6-5-12(19)9-14(17)21-16-13(20-2)4-3-11(10-18)15(16)17;/h3-6,12,14,19H,7-10H2,1-2H3;1H/t12-,14?,17-;/m0./s1. The highest BCUT2D eigenvalue weighted by atomic mass is 79.9. The van der Waals surface area contributed by atoms with Gasteiger partial charge in [0.1, 0.15) is 6.10 Å². The van der Waals surface area contributed by atoms with Crippen LogP contribution in [-0.4, -0.2) is 42.9 Å². The molecule has 3 aliphatic rings. The van der Waals surface area contributed by atoms with Gasteiger partial charge in [-0.3, -0.25) is 0 Å². The van der Waals surface area contributed by atoms with Crippen LogP contribution >= 0.6 is 17.0 Å². The first-order chi connectivity index (χ1) is 10.1. The molecular formula is C17H22BrNO3. The van der Waals surface area contributed by atoms with Crippen molar-refractivity contribution in [1.82, 2.24) is 4.90 Å². The van der Waals surface area contributed by atoms with Gasteiger partial charge in [-0.2, -0.15) is 0 Å². The second-order valence-electron chi connectivity index (χ2n) is 6.43. The van der Waals surface area contributed by atoms with Crippen LogP contribution in [0.15, 0.2) is 24.3 Å². The first-order valence-corrected chi connectivity index (χ1v) is 7.57. The minimum absolute atomic E-state index is 0. The van der Waals surface area contributed by atoms with Gasteiger partial charge in [0, 0.05) is 18.5 Å². The summed E-state index contributed by atoms with van der Waals surface area (Å²) in [5.74, 6) is 1.68. The molecule has 1 N–H and O–H groups in total. The minimum Gasteiger partial charge on any atom is -0.493 e. The molecule has 3 atom stereocenters. The van der Waals surface area contributed by atoms with E-state index < -0.39 is 6.10 Å². The number of aliphatic hydroxyl groups is 1. The second-order valence-corrected chi connectivity index (χ2v) is 6.43. The molecule has 2 heterocycles. The Labute approximate surface area is 141 Å². The van der Waals surface area contributed by atoms with Gasteiger partial charge in [-0.05, 0) is 31.6 Å². The normalized spacial score (nSPS) is 32.3. The van der Waals surface area contributed by atoms with E-state index in [9.17, 15) is 5.11 Å². The summed E-state index contributed by atoms with van der Waals surface area (Å²) in [5.41, 5.74) is 2.48. The summed E-state index contributed by atoms with van der Waals surface area (Å²) in [4.78, 5) is 2.35. The Balaban J connectivity index is 0.00000144. The molecule has 1 aliphatic carbocycles. The van der Waals surface area contributed by atoms with Crippen LogP contribution in [-0.2, 0) is 12.0 Å². The number of hydrogen-bond acceptors (Lipinski definition) is 4. The molecule has 0 radical (unpaired) electrons. The lowest BCUT2D eigenvalue weighted by atomic mass is 9.69. The molecule has 1 spiro atoms. The summed E-state index contributed by atoms with van der Waals surface area (Å²) in [6, 6.07) is 4.16. The molecule has 0 fully saturated rings. The van der Waals surface area contributed by atoms with Crippen LogP contribution < -0.4 is 9.47 Å². The van der Waals surface area contributed by atoms with Crippen molar-refractivity contribution in [2.45, 2.75) is 37.0 Å². The number of hydrogen-bond donors (Lipinski definition) is 1. The Morgan fingerprint density at radius 1 is 1.41 bits per heavy atom. The zero-order valence-corrected chi connectivity index (χ0v) is 14.6. The second kappa shape index (κ2) is 5.55.